The van der Waals surface area contributed by atoms with E-state index in [-0.39, 0.29) is 11.1 Å². The highest BCUT2D eigenvalue weighted by Gasteiger charge is 2.37. The summed E-state index contributed by atoms with van der Waals surface area (Å²) in [5.74, 6) is 0. The number of alkyl halides is 6. The van der Waals surface area contributed by atoms with Crippen molar-refractivity contribution in [2.24, 2.45) is 0 Å². The predicted octanol–water partition coefficient (Wildman–Crippen LogP) is 5.63. The van der Waals surface area contributed by atoms with Crippen molar-refractivity contribution in [2.45, 2.75) is 17.2 Å². The van der Waals surface area contributed by atoms with Crippen molar-refractivity contribution in [1.29, 1.82) is 5.26 Å². The molecule has 0 aliphatic rings. The van der Waals surface area contributed by atoms with Gasteiger partial charge in [0, 0.05) is 11.9 Å². The molecule has 0 aromatic heterocycles. The van der Waals surface area contributed by atoms with Crippen molar-refractivity contribution in [1.82, 2.24) is 0 Å². The fourth-order valence-electron chi connectivity index (χ4n) is 2.14. The van der Waals surface area contributed by atoms with Crippen LogP contribution in [0.4, 0.5) is 32.0 Å². The van der Waals surface area contributed by atoms with E-state index in [2.05, 4.69) is 0 Å². The van der Waals surface area contributed by atoms with Gasteiger partial charge in [0.1, 0.15) is 6.07 Å². The molecule has 2 aromatic rings. The molecule has 0 saturated carbocycles. The molecule has 0 radical (unpaired) electrons. The highest BCUT2D eigenvalue weighted by atomic mass is 35.5. The summed E-state index contributed by atoms with van der Waals surface area (Å²) in [6.07, 6.45) is -9.67. The maximum Gasteiger partial charge on any atom is 0.416 e. The summed E-state index contributed by atoms with van der Waals surface area (Å²) in [4.78, 5) is -1.41. The zero-order valence-corrected chi connectivity index (χ0v) is 15.5. The van der Waals surface area contributed by atoms with Gasteiger partial charge in [-0.05, 0) is 30.3 Å². The van der Waals surface area contributed by atoms with E-state index in [1.807, 2.05) is 5.32 Å². The predicted molar refractivity (Wildman–Crippen MR) is 92.4 cm³/mol. The van der Waals surface area contributed by atoms with Gasteiger partial charge in [0.05, 0.1) is 21.0 Å². The lowest BCUT2D eigenvalue weighted by atomic mass is 10.1. The van der Waals surface area contributed by atoms with Gasteiger partial charge in [0.25, 0.3) is 0 Å². The van der Waals surface area contributed by atoms with Crippen LogP contribution in [0.1, 0.15) is 11.1 Å². The first-order valence-corrected chi connectivity index (χ1v) is 9.29. The van der Waals surface area contributed by atoms with Crippen LogP contribution in [0.25, 0.3) is 0 Å². The Morgan fingerprint density at radius 1 is 1.00 bits per heavy atom. The topological polar surface area (TPSA) is 70.0 Å². The largest absolute Gasteiger partial charge is 0.416 e. The Labute approximate surface area is 165 Å². The maximum absolute atomic E-state index is 12.9. The Morgan fingerprint density at radius 3 is 1.97 bits per heavy atom. The van der Waals surface area contributed by atoms with Crippen LogP contribution in [0.15, 0.2) is 58.5 Å². The lowest BCUT2D eigenvalue weighted by Gasteiger charge is -2.14. The number of sulfone groups is 1. The summed E-state index contributed by atoms with van der Waals surface area (Å²) < 4.78 is 102. The lowest BCUT2D eigenvalue weighted by molar-refractivity contribution is -0.143. The second-order valence-electron chi connectivity index (χ2n) is 5.49. The third kappa shape index (κ3) is 5.21. The third-order valence-corrected chi connectivity index (χ3v) is 5.65. The molecule has 0 amide bonds. The maximum atomic E-state index is 12.9. The molecule has 12 heteroatoms. The SMILES string of the molecule is N#C/C(=C\Nc1cc(C(F)(F)F)cc(C(F)(F)F)c1)S(=O)(=O)c1ccccc1Cl. The number of halogens is 7. The van der Waals surface area contributed by atoms with Gasteiger partial charge >= 0.3 is 12.4 Å². The Hall–Kier alpha value is -2.71. The zero-order valence-electron chi connectivity index (χ0n) is 13.9. The minimum atomic E-state index is -5.08. The fourth-order valence-corrected chi connectivity index (χ4v) is 3.73. The average Bonchev–Trinajstić information content (AvgIpc) is 2.60. The van der Waals surface area contributed by atoms with E-state index in [0.717, 1.165) is 6.07 Å². The minimum absolute atomic E-state index is 0.0828. The highest BCUT2D eigenvalue weighted by Crippen LogP contribution is 2.37. The Balaban J connectivity index is 2.51. The van der Waals surface area contributed by atoms with Crippen LogP contribution in [0.5, 0.6) is 0 Å². The summed E-state index contributed by atoms with van der Waals surface area (Å²) in [6.45, 7) is 0. The number of nitrogens with zero attached hydrogens (tertiary/aromatic N) is 1. The first-order valence-electron chi connectivity index (χ1n) is 7.42. The average molecular weight is 455 g/mol. The summed E-state index contributed by atoms with van der Waals surface area (Å²) in [7, 11) is -4.47. The van der Waals surface area contributed by atoms with Crippen LogP contribution in [0.3, 0.4) is 0 Å². The number of benzene rings is 2. The van der Waals surface area contributed by atoms with Crippen LogP contribution in [0.2, 0.25) is 5.02 Å². The number of rotatable bonds is 4. The molecule has 0 atom stereocenters. The van der Waals surface area contributed by atoms with Crippen LogP contribution in [-0.2, 0) is 22.2 Å². The Kier molecular flexibility index (Phi) is 6.20. The van der Waals surface area contributed by atoms with E-state index in [4.69, 9.17) is 16.9 Å². The molecular formula is C17H9ClF6N2O2S. The molecule has 0 aliphatic carbocycles. The van der Waals surface area contributed by atoms with Gasteiger partial charge in [-0.2, -0.15) is 31.6 Å². The van der Waals surface area contributed by atoms with E-state index in [0.29, 0.717) is 18.3 Å². The van der Waals surface area contributed by atoms with Gasteiger partial charge in [-0.15, -0.1) is 0 Å². The monoisotopic (exact) mass is 454 g/mol. The molecule has 0 heterocycles. The number of nitriles is 1. The molecule has 154 valence electrons. The van der Waals surface area contributed by atoms with Crippen molar-refractivity contribution in [3.8, 4) is 6.07 Å². The van der Waals surface area contributed by atoms with Crippen LogP contribution < -0.4 is 5.32 Å². The molecule has 4 nitrogen and oxygen atoms in total. The van der Waals surface area contributed by atoms with Gasteiger partial charge in [-0.1, -0.05) is 23.7 Å². The van der Waals surface area contributed by atoms with E-state index in [1.165, 1.54) is 24.3 Å². The molecule has 0 fully saturated rings. The van der Waals surface area contributed by atoms with Crippen molar-refractivity contribution in [3.05, 3.63) is 69.7 Å². The lowest BCUT2D eigenvalue weighted by Crippen LogP contribution is -2.12. The molecule has 0 bridgehead atoms. The normalized spacial score (nSPS) is 13.1. The van der Waals surface area contributed by atoms with E-state index < -0.39 is 48.8 Å². The summed E-state index contributed by atoms with van der Waals surface area (Å²) in [6, 6.07) is 7.03. The summed E-state index contributed by atoms with van der Waals surface area (Å²) in [5.41, 5.74) is -3.92. The first-order chi connectivity index (χ1) is 13.3. The fraction of sp³-hybridized carbons (Fsp3) is 0.118. The van der Waals surface area contributed by atoms with Crippen molar-refractivity contribution < 1.29 is 34.8 Å². The molecular weight excluding hydrogens is 446 g/mol. The van der Waals surface area contributed by atoms with E-state index >= 15 is 0 Å². The van der Waals surface area contributed by atoms with Crippen LogP contribution >= 0.6 is 11.6 Å². The third-order valence-electron chi connectivity index (χ3n) is 3.48. The smallest absolute Gasteiger partial charge is 0.360 e. The van der Waals surface area contributed by atoms with Gasteiger partial charge < -0.3 is 5.32 Å². The van der Waals surface area contributed by atoms with E-state index in [1.54, 1.807) is 0 Å². The van der Waals surface area contributed by atoms with Gasteiger partial charge in [0.15, 0.2) is 4.91 Å². The van der Waals surface area contributed by atoms with Gasteiger partial charge in [0.2, 0.25) is 9.84 Å². The minimum Gasteiger partial charge on any atom is -0.360 e. The summed E-state index contributed by atoms with van der Waals surface area (Å²) >= 11 is 5.78. The molecule has 29 heavy (non-hydrogen) atoms. The van der Waals surface area contributed by atoms with Crippen LogP contribution in [-0.4, -0.2) is 8.42 Å². The van der Waals surface area contributed by atoms with Gasteiger partial charge in [-0.25, -0.2) is 8.42 Å². The van der Waals surface area contributed by atoms with Crippen molar-refractivity contribution in [2.75, 3.05) is 5.32 Å². The summed E-state index contributed by atoms with van der Waals surface area (Å²) in [5, 5.41) is 10.9. The highest BCUT2D eigenvalue weighted by molar-refractivity contribution is 7.95. The molecule has 1 N–H and O–H groups in total. The number of nitrogens with one attached hydrogen (secondary N) is 1. The zero-order chi connectivity index (χ0) is 22.0. The molecule has 0 unspecified atom stereocenters. The Bertz CT molecular complexity index is 1070. The quantitative estimate of drug-likeness (QED) is 0.480. The molecule has 0 saturated heterocycles. The number of hydrogen-bond donors (Lipinski definition) is 1. The number of anilines is 1. The molecule has 0 spiro atoms. The second-order valence-corrected chi connectivity index (χ2v) is 7.79. The molecule has 0 aliphatic heterocycles. The van der Waals surface area contributed by atoms with E-state index in [9.17, 15) is 34.8 Å². The first kappa shape index (κ1) is 22.6. The molecule has 2 aromatic carbocycles. The van der Waals surface area contributed by atoms with Gasteiger partial charge in [-0.3, -0.25) is 0 Å². The molecule has 2 rings (SSSR count). The Morgan fingerprint density at radius 2 is 1.52 bits per heavy atom. The number of hydrogen-bond acceptors (Lipinski definition) is 4. The second kappa shape index (κ2) is 7.96. The number of allylic oxidation sites excluding steroid dienone is 1. The van der Waals surface area contributed by atoms with Crippen LogP contribution in [0, 0.1) is 11.3 Å². The standard InChI is InChI=1S/C17H9ClF6N2O2S/c18-14-3-1-2-4-15(14)29(27,28)13(8-25)9-26-12-6-10(16(19,20)21)5-11(7-12)17(22,23)24/h1-7,9,26H/b13-9+. The van der Waals surface area contributed by atoms with Crippen molar-refractivity contribution >= 4 is 27.1 Å². The van der Waals surface area contributed by atoms with Crippen molar-refractivity contribution in [3.63, 3.8) is 0 Å².